The molecule has 78 valence electrons. The molecule has 0 spiro atoms. The summed E-state index contributed by atoms with van der Waals surface area (Å²) in [5, 5.41) is 0. The van der Waals surface area contributed by atoms with Gasteiger partial charge in [-0.05, 0) is 19.8 Å². The maximum absolute atomic E-state index is 10.3. The molecule has 0 aliphatic carbocycles. The monoisotopic (exact) mass is 186 g/mol. The van der Waals surface area contributed by atoms with Crippen LogP contribution in [0.1, 0.15) is 41.5 Å². The van der Waals surface area contributed by atoms with Crippen molar-refractivity contribution in [1.29, 1.82) is 0 Å². The van der Waals surface area contributed by atoms with Crippen LogP contribution in [-0.2, 0) is 9.45 Å². The number of carbonyl (C=O) groups is 1. The minimum atomic E-state index is 0. The second-order valence-corrected chi connectivity index (χ2v) is 2.71. The van der Waals surface area contributed by atoms with E-state index in [0.29, 0.717) is 5.92 Å². The van der Waals surface area contributed by atoms with Crippen LogP contribution in [0.3, 0.4) is 0 Å². The molecule has 0 aromatic heterocycles. The molecule has 0 radical (unpaired) electrons. The van der Waals surface area contributed by atoms with Gasteiger partial charge < -0.3 is 4.79 Å². The normalized spacial score (nSPS) is 6.38. The standard InChI is InChI=1S/C6H12O.C3H6.CO.CH4/c1-5(2)4-6(3)7;1-3-2;1-2;/h5H,4H2,1-3H3;3H,1H2,2H3;;1H4. The summed E-state index contributed by atoms with van der Waals surface area (Å²) in [6.45, 7) is 15.5. The van der Waals surface area contributed by atoms with Crippen LogP contribution in [0, 0.1) is 12.6 Å². The zero-order valence-corrected chi connectivity index (χ0v) is 8.39. The molecule has 2 heteroatoms. The van der Waals surface area contributed by atoms with Crippen molar-refractivity contribution in [1.82, 2.24) is 0 Å². The van der Waals surface area contributed by atoms with Gasteiger partial charge in [0.25, 0.3) is 0 Å². The summed E-state index contributed by atoms with van der Waals surface area (Å²) in [4.78, 5) is 10.3. The summed E-state index contributed by atoms with van der Waals surface area (Å²) in [6, 6.07) is 0. The maximum atomic E-state index is 10.3. The Kier molecular flexibility index (Phi) is 39.3. The van der Waals surface area contributed by atoms with Crippen LogP contribution >= 0.6 is 0 Å². The molecule has 0 bridgehead atoms. The van der Waals surface area contributed by atoms with E-state index in [-0.39, 0.29) is 13.2 Å². The summed E-state index contributed by atoms with van der Waals surface area (Å²) in [5.41, 5.74) is 0. The van der Waals surface area contributed by atoms with E-state index in [9.17, 15) is 4.79 Å². The average Bonchev–Trinajstić information content (AvgIpc) is 1.90. The van der Waals surface area contributed by atoms with E-state index in [1.807, 2.05) is 20.8 Å². The molecule has 13 heavy (non-hydrogen) atoms. The number of ketones is 1. The number of allylic oxidation sites excluding steroid dienone is 1. The van der Waals surface area contributed by atoms with Crippen molar-refractivity contribution in [3.05, 3.63) is 19.3 Å². The van der Waals surface area contributed by atoms with Crippen molar-refractivity contribution in [3.63, 3.8) is 0 Å². The van der Waals surface area contributed by atoms with Gasteiger partial charge in [-0.25, -0.2) is 0 Å². The first-order valence-corrected chi connectivity index (χ1v) is 3.81. The van der Waals surface area contributed by atoms with Gasteiger partial charge in [-0.15, -0.1) is 6.58 Å². The van der Waals surface area contributed by atoms with Crippen molar-refractivity contribution < 1.29 is 9.45 Å². The predicted molar refractivity (Wildman–Crippen MR) is 56.7 cm³/mol. The first kappa shape index (κ1) is 22.7. The molecule has 0 aliphatic rings. The van der Waals surface area contributed by atoms with Gasteiger partial charge in [0.1, 0.15) is 5.78 Å². The number of rotatable bonds is 2. The molecule has 0 atom stereocenters. The Bertz CT molecular complexity index is 123. The van der Waals surface area contributed by atoms with E-state index >= 15 is 0 Å². The predicted octanol–water partition coefficient (Wildman–Crippen LogP) is 3.41. The van der Waals surface area contributed by atoms with Crippen LogP contribution in [0.15, 0.2) is 12.7 Å². The van der Waals surface area contributed by atoms with E-state index in [1.54, 1.807) is 13.0 Å². The molecule has 0 aliphatic heterocycles. The molecule has 0 fully saturated rings. The second kappa shape index (κ2) is 22.5. The first-order valence-electron chi connectivity index (χ1n) is 3.81. The molecule has 0 aromatic carbocycles. The van der Waals surface area contributed by atoms with Gasteiger partial charge in [0, 0.05) is 6.42 Å². The fourth-order valence-corrected chi connectivity index (χ4v) is 0.575. The van der Waals surface area contributed by atoms with Crippen molar-refractivity contribution in [2.24, 2.45) is 5.92 Å². The molecule has 2 nitrogen and oxygen atoms in total. The van der Waals surface area contributed by atoms with Gasteiger partial charge in [-0.1, -0.05) is 27.4 Å². The Balaban J connectivity index is -0.0000000581. The quantitative estimate of drug-likeness (QED) is 0.370. The summed E-state index contributed by atoms with van der Waals surface area (Å²) >= 11 is 0. The van der Waals surface area contributed by atoms with E-state index in [2.05, 4.69) is 13.2 Å². The zero-order valence-electron chi connectivity index (χ0n) is 8.39. The summed E-state index contributed by atoms with van der Waals surface area (Å²) in [6.07, 6.45) is 2.47. The third kappa shape index (κ3) is 94.1. The number of carbonyl (C=O) groups excluding carboxylic acids is 1. The van der Waals surface area contributed by atoms with Crippen LogP contribution in [0.5, 0.6) is 0 Å². The SMILES string of the molecule is C.C=CC.CC(=O)CC(C)C.[C-]#[O+]. The zero-order chi connectivity index (χ0) is 10.6. The van der Waals surface area contributed by atoms with Crippen molar-refractivity contribution in [2.45, 2.75) is 41.5 Å². The summed E-state index contributed by atoms with van der Waals surface area (Å²) in [5.74, 6) is 0.813. The minimum absolute atomic E-state index is 0. The summed E-state index contributed by atoms with van der Waals surface area (Å²) in [7, 11) is 0. The molecule has 0 unspecified atom stereocenters. The number of hydrogen-bond donors (Lipinski definition) is 0. The van der Waals surface area contributed by atoms with Gasteiger partial charge in [0.2, 0.25) is 0 Å². The third-order valence-electron chi connectivity index (χ3n) is 0.696. The first-order chi connectivity index (χ1) is 5.54. The van der Waals surface area contributed by atoms with E-state index in [1.165, 1.54) is 0 Å². The fourth-order valence-electron chi connectivity index (χ4n) is 0.575. The molecule has 0 heterocycles. The van der Waals surface area contributed by atoms with Gasteiger partial charge in [-0.3, -0.25) is 0 Å². The Morgan fingerprint density at radius 3 is 1.77 bits per heavy atom. The Morgan fingerprint density at radius 1 is 1.54 bits per heavy atom. The second-order valence-electron chi connectivity index (χ2n) is 2.71. The van der Waals surface area contributed by atoms with Gasteiger partial charge in [0.15, 0.2) is 0 Å². The van der Waals surface area contributed by atoms with E-state index in [4.69, 9.17) is 4.65 Å². The van der Waals surface area contributed by atoms with Gasteiger partial charge in [-0.2, -0.15) is 0 Å². The Hall–Kier alpha value is -0.850. The molecule has 0 saturated carbocycles. The van der Waals surface area contributed by atoms with Crippen LogP contribution in [0.4, 0.5) is 0 Å². The Morgan fingerprint density at radius 2 is 1.77 bits per heavy atom. The fraction of sp³-hybridized carbons (Fsp3) is 0.636. The molecule has 0 amide bonds. The van der Waals surface area contributed by atoms with Crippen LogP contribution in [0.25, 0.3) is 0 Å². The third-order valence-corrected chi connectivity index (χ3v) is 0.696. The molecular weight excluding hydrogens is 164 g/mol. The van der Waals surface area contributed by atoms with Crippen LogP contribution in [0.2, 0.25) is 0 Å². The van der Waals surface area contributed by atoms with Crippen molar-refractivity contribution in [2.75, 3.05) is 0 Å². The molecule has 0 rings (SSSR count). The average molecular weight is 186 g/mol. The number of Topliss-reactive ketones (excluding diaryl/α,β-unsaturated/α-hetero) is 1. The molecule has 0 N–H and O–H groups in total. The van der Waals surface area contributed by atoms with Crippen LogP contribution < -0.4 is 0 Å². The number of hydrogen-bond acceptors (Lipinski definition) is 1. The molecule has 0 saturated heterocycles. The molecular formula is C11H22O2. The van der Waals surface area contributed by atoms with E-state index in [0.717, 1.165) is 6.42 Å². The van der Waals surface area contributed by atoms with Crippen molar-refractivity contribution >= 4 is 5.78 Å². The molecule has 0 aromatic rings. The Labute approximate surface area is 82.8 Å². The van der Waals surface area contributed by atoms with E-state index < -0.39 is 0 Å². The summed E-state index contributed by atoms with van der Waals surface area (Å²) < 4.78 is 7.50. The van der Waals surface area contributed by atoms with Gasteiger partial charge >= 0.3 is 11.3 Å². The van der Waals surface area contributed by atoms with Crippen molar-refractivity contribution in [3.8, 4) is 0 Å². The van der Waals surface area contributed by atoms with Gasteiger partial charge in [0.05, 0.1) is 0 Å². The topological polar surface area (TPSA) is 37.0 Å². The van der Waals surface area contributed by atoms with Crippen LogP contribution in [-0.4, -0.2) is 5.78 Å².